The first-order chi connectivity index (χ1) is 18.4. The molecule has 1 aliphatic rings. The predicted molar refractivity (Wildman–Crippen MR) is 153 cm³/mol. The van der Waals surface area contributed by atoms with Crippen LogP contribution < -0.4 is 5.32 Å². The number of fused-ring (bicyclic) bond motifs is 2. The number of amides is 1. The second-order valence-corrected chi connectivity index (χ2v) is 10.2. The molecule has 6 rings (SSSR count). The normalized spacial score (nSPS) is 14.6. The molecule has 2 aromatic carbocycles. The van der Waals surface area contributed by atoms with Crippen LogP contribution in [0.5, 0.6) is 0 Å². The average Bonchev–Trinajstić information content (AvgIpc) is 3.49. The van der Waals surface area contributed by atoms with Gasteiger partial charge in [-0.2, -0.15) is 0 Å². The molecule has 4 heterocycles. The number of aromatic amines is 1. The standard InChI is InChI=1S/C32H29N5O/c1-18(2)32(38)36-24-12-22(15-33-17-24)23-13-27-30(34-16-23)20(4)35-31(27)29-14-26-25(9-6-10-28(26)37-29)21-8-5-7-19(3)11-21/h5-18,20,37H,1-4H3,(H,36,38)/t20-/m0/s1. The summed E-state index contributed by atoms with van der Waals surface area (Å²) in [4.78, 5) is 29.9. The van der Waals surface area contributed by atoms with Crippen molar-refractivity contribution in [2.45, 2.75) is 33.7 Å². The summed E-state index contributed by atoms with van der Waals surface area (Å²) in [7, 11) is 0. The van der Waals surface area contributed by atoms with Gasteiger partial charge in [0.1, 0.15) is 0 Å². The van der Waals surface area contributed by atoms with Crippen LogP contribution in [0, 0.1) is 12.8 Å². The fraction of sp³-hybridized carbons (Fsp3) is 0.188. The van der Waals surface area contributed by atoms with Crippen LogP contribution in [0.25, 0.3) is 33.2 Å². The number of pyridine rings is 2. The van der Waals surface area contributed by atoms with Gasteiger partial charge in [0, 0.05) is 45.9 Å². The summed E-state index contributed by atoms with van der Waals surface area (Å²) in [6.45, 7) is 7.93. The van der Waals surface area contributed by atoms with E-state index in [0.717, 1.165) is 39.3 Å². The zero-order valence-electron chi connectivity index (χ0n) is 21.9. The number of carbonyl (C=O) groups excluding carboxylic acids is 1. The molecule has 0 saturated heterocycles. The van der Waals surface area contributed by atoms with Crippen LogP contribution in [0.3, 0.4) is 0 Å². The molecule has 0 saturated carbocycles. The third-order valence-corrected chi connectivity index (χ3v) is 7.00. The van der Waals surface area contributed by atoms with Crippen LogP contribution in [-0.4, -0.2) is 26.6 Å². The summed E-state index contributed by atoms with van der Waals surface area (Å²) in [5.74, 6) is -0.147. The minimum Gasteiger partial charge on any atom is -0.353 e. The van der Waals surface area contributed by atoms with Crippen molar-refractivity contribution < 1.29 is 4.79 Å². The molecule has 0 bridgehead atoms. The maximum Gasteiger partial charge on any atom is 0.226 e. The Kier molecular flexibility index (Phi) is 5.87. The molecule has 5 aromatic rings. The van der Waals surface area contributed by atoms with Gasteiger partial charge < -0.3 is 10.3 Å². The highest BCUT2D eigenvalue weighted by Crippen LogP contribution is 2.36. The lowest BCUT2D eigenvalue weighted by molar-refractivity contribution is -0.118. The topological polar surface area (TPSA) is 83.0 Å². The van der Waals surface area contributed by atoms with Crippen molar-refractivity contribution in [2.75, 3.05) is 5.32 Å². The lowest BCUT2D eigenvalue weighted by Gasteiger charge is -2.10. The van der Waals surface area contributed by atoms with Gasteiger partial charge in [0.05, 0.1) is 35.0 Å². The number of aryl methyl sites for hydroxylation is 1. The Bertz CT molecular complexity index is 1730. The van der Waals surface area contributed by atoms with E-state index in [-0.39, 0.29) is 17.9 Å². The van der Waals surface area contributed by atoms with Crippen molar-refractivity contribution in [3.8, 4) is 22.3 Å². The summed E-state index contributed by atoms with van der Waals surface area (Å²) in [5.41, 5.74) is 11.0. The van der Waals surface area contributed by atoms with E-state index >= 15 is 0 Å². The maximum atomic E-state index is 12.2. The van der Waals surface area contributed by atoms with E-state index in [9.17, 15) is 4.79 Å². The molecule has 6 nitrogen and oxygen atoms in total. The van der Waals surface area contributed by atoms with E-state index in [0.29, 0.717) is 5.69 Å². The van der Waals surface area contributed by atoms with Gasteiger partial charge in [-0.25, -0.2) is 0 Å². The largest absolute Gasteiger partial charge is 0.353 e. The first-order valence-electron chi connectivity index (χ1n) is 12.9. The van der Waals surface area contributed by atoms with Crippen molar-refractivity contribution in [2.24, 2.45) is 10.9 Å². The van der Waals surface area contributed by atoms with Crippen molar-refractivity contribution >= 4 is 28.2 Å². The minimum atomic E-state index is -0.108. The van der Waals surface area contributed by atoms with E-state index in [1.165, 1.54) is 22.1 Å². The van der Waals surface area contributed by atoms with Crippen molar-refractivity contribution in [3.05, 3.63) is 102 Å². The van der Waals surface area contributed by atoms with Crippen LogP contribution in [-0.2, 0) is 4.79 Å². The first kappa shape index (κ1) is 23.8. The van der Waals surface area contributed by atoms with E-state index in [1.54, 1.807) is 12.4 Å². The van der Waals surface area contributed by atoms with Crippen LogP contribution >= 0.6 is 0 Å². The molecule has 6 heteroatoms. The van der Waals surface area contributed by atoms with Crippen LogP contribution in [0.2, 0.25) is 0 Å². The molecule has 0 unspecified atom stereocenters. The van der Waals surface area contributed by atoms with Crippen LogP contribution in [0.4, 0.5) is 5.69 Å². The number of carbonyl (C=O) groups is 1. The fourth-order valence-electron chi connectivity index (χ4n) is 4.99. The molecule has 0 fully saturated rings. The van der Waals surface area contributed by atoms with Gasteiger partial charge in [0.15, 0.2) is 0 Å². The number of nitrogens with one attached hydrogen (secondary N) is 2. The second-order valence-electron chi connectivity index (χ2n) is 10.2. The Morgan fingerprint density at radius 1 is 0.921 bits per heavy atom. The number of hydrogen-bond acceptors (Lipinski definition) is 4. The van der Waals surface area contributed by atoms with Gasteiger partial charge in [0.25, 0.3) is 0 Å². The summed E-state index contributed by atoms with van der Waals surface area (Å²) in [6, 6.07) is 21.2. The molecule has 0 spiro atoms. The highest BCUT2D eigenvalue weighted by Gasteiger charge is 2.26. The molecule has 188 valence electrons. The third kappa shape index (κ3) is 4.28. The molecular formula is C32H29N5O. The van der Waals surface area contributed by atoms with Gasteiger partial charge in [-0.3, -0.25) is 19.8 Å². The van der Waals surface area contributed by atoms with Crippen molar-refractivity contribution in [1.29, 1.82) is 0 Å². The highest BCUT2D eigenvalue weighted by atomic mass is 16.1. The van der Waals surface area contributed by atoms with Crippen LogP contribution in [0.15, 0.2) is 84.2 Å². The summed E-state index contributed by atoms with van der Waals surface area (Å²) in [5, 5.41) is 4.10. The molecule has 1 aliphatic heterocycles. The SMILES string of the molecule is Cc1cccc(-c2cccc3[nH]c(C4=N[C@@H](C)c5ncc(-c6cncc(NC(=O)C(C)C)c6)cc54)cc23)c1. The van der Waals surface area contributed by atoms with E-state index in [4.69, 9.17) is 9.98 Å². The predicted octanol–water partition coefficient (Wildman–Crippen LogP) is 7.11. The average molecular weight is 500 g/mol. The van der Waals surface area contributed by atoms with E-state index in [1.807, 2.05) is 26.1 Å². The van der Waals surface area contributed by atoms with Gasteiger partial charge in [0.2, 0.25) is 5.91 Å². The zero-order valence-corrected chi connectivity index (χ0v) is 21.9. The Balaban J connectivity index is 1.39. The number of benzene rings is 2. The zero-order chi connectivity index (χ0) is 26.4. The van der Waals surface area contributed by atoms with Gasteiger partial charge in [-0.05, 0) is 49.2 Å². The smallest absolute Gasteiger partial charge is 0.226 e. The molecule has 0 aliphatic carbocycles. The molecular weight excluding hydrogens is 470 g/mol. The molecule has 0 radical (unpaired) electrons. The van der Waals surface area contributed by atoms with E-state index in [2.05, 4.69) is 83.7 Å². The quantitative estimate of drug-likeness (QED) is 0.270. The number of hydrogen-bond donors (Lipinski definition) is 2. The van der Waals surface area contributed by atoms with Gasteiger partial charge >= 0.3 is 0 Å². The lowest BCUT2D eigenvalue weighted by Crippen LogP contribution is -2.17. The fourth-order valence-corrected chi connectivity index (χ4v) is 4.99. The summed E-state index contributed by atoms with van der Waals surface area (Å²) < 4.78 is 0. The Labute approximate surface area is 221 Å². The highest BCUT2D eigenvalue weighted by molar-refractivity contribution is 6.17. The number of H-pyrrole nitrogens is 1. The van der Waals surface area contributed by atoms with Gasteiger partial charge in [-0.1, -0.05) is 55.8 Å². The molecule has 38 heavy (non-hydrogen) atoms. The summed E-state index contributed by atoms with van der Waals surface area (Å²) in [6.07, 6.45) is 5.32. The number of anilines is 1. The monoisotopic (exact) mass is 499 g/mol. The Morgan fingerprint density at radius 3 is 2.55 bits per heavy atom. The maximum absolute atomic E-state index is 12.2. The minimum absolute atomic E-state index is 0.0357. The van der Waals surface area contributed by atoms with E-state index < -0.39 is 0 Å². The number of aromatic nitrogens is 3. The molecule has 2 N–H and O–H groups in total. The first-order valence-corrected chi connectivity index (χ1v) is 12.9. The number of rotatable bonds is 5. The second kappa shape index (κ2) is 9.38. The lowest BCUT2D eigenvalue weighted by atomic mass is 9.99. The van der Waals surface area contributed by atoms with Crippen molar-refractivity contribution in [3.63, 3.8) is 0 Å². The molecule has 1 amide bonds. The Morgan fingerprint density at radius 2 is 1.74 bits per heavy atom. The Hall–Kier alpha value is -4.58. The molecule has 3 aromatic heterocycles. The summed E-state index contributed by atoms with van der Waals surface area (Å²) >= 11 is 0. The third-order valence-electron chi connectivity index (χ3n) is 7.00. The van der Waals surface area contributed by atoms with Gasteiger partial charge in [-0.15, -0.1) is 0 Å². The van der Waals surface area contributed by atoms with Crippen LogP contribution in [0.1, 0.15) is 49.3 Å². The van der Waals surface area contributed by atoms with Crippen molar-refractivity contribution in [1.82, 2.24) is 15.0 Å². The molecule has 1 atom stereocenters. The number of nitrogens with zero attached hydrogens (tertiary/aromatic N) is 3. The number of aliphatic imine (C=N–C) groups is 1.